The van der Waals surface area contributed by atoms with Crippen LogP contribution in [0.2, 0.25) is 5.02 Å². The third-order valence-corrected chi connectivity index (χ3v) is 3.57. The van der Waals surface area contributed by atoms with E-state index in [1.807, 2.05) is 0 Å². The zero-order chi connectivity index (χ0) is 15.2. The normalized spacial score (nSPS) is 14.8. The van der Waals surface area contributed by atoms with Gasteiger partial charge in [0.15, 0.2) is 6.61 Å². The van der Waals surface area contributed by atoms with E-state index in [9.17, 15) is 9.59 Å². The molecule has 2 amide bonds. The number of nitrogens with zero attached hydrogens (tertiary/aromatic N) is 2. The van der Waals surface area contributed by atoms with Gasteiger partial charge in [0.25, 0.3) is 5.91 Å². The minimum Gasteiger partial charge on any atom is -0.482 e. The number of hydrogen-bond donors (Lipinski definition) is 0. The van der Waals surface area contributed by atoms with Crippen molar-refractivity contribution in [2.45, 2.75) is 0 Å². The Morgan fingerprint density at radius 3 is 2.38 bits per heavy atom. The maximum absolute atomic E-state index is 12.1. The van der Waals surface area contributed by atoms with E-state index < -0.39 is 0 Å². The predicted molar refractivity (Wildman–Crippen MR) is 77.5 cm³/mol. The Balaban J connectivity index is 1.80. The Bertz CT molecular complexity index is 515. The molecule has 0 aliphatic carbocycles. The summed E-state index contributed by atoms with van der Waals surface area (Å²) in [4.78, 5) is 26.6. The molecule has 0 atom stereocenters. The Labute approximate surface area is 128 Å². The van der Waals surface area contributed by atoms with Gasteiger partial charge in [0.05, 0.1) is 12.1 Å². The highest BCUT2D eigenvalue weighted by molar-refractivity contribution is 6.32. The molecular formula is C14H17ClN2O4. The van der Waals surface area contributed by atoms with Crippen molar-refractivity contribution in [2.24, 2.45) is 0 Å². The zero-order valence-electron chi connectivity index (χ0n) is 11.8. The highest BCUT2D eigenvalue weighted by atomic mass is 35.5. The fourth-order valence-corrected chi connectivity index (χ4v) is 2.25. The molecule has 0 unspecified atom stereocenters. The van der Waals surface area contributed by atoms with Crippen molar-refractivity contribution in [3.05, 3.63) is 29.3 Å². The van der Waals surface area contributed by atoms with Crippen LogP contribution in [0, 0.1) is 0 Å². The van der Waals surface area contributed by atoms with Crippen molar-refractivity contribution in [3.8, 4) is 5.75 Å². The standard InChI is InChI=1S/C14H17ClN2O4/c1-20-14(19)17-8-6-16(7-9-17)13(18)10-21-12-5-3-2-4-11(12)15/h2-5H,6-10H2,1H3. The van der Waals surface area contributed by atoms with E-state index in [1.54, 1.807) is 34.1 Å². The van der Waals surface area contributed by atoms with Crippen LogP contribution in [-0.4, -0.2) is 61.7 Å². The molecule has 7 heteroatoms. The van der Waals surface area contributed by atoms with Crippen LogP contribution in [-0.2, 0) is 9.53 Å². The first-order valence-electron chi connectivity index (χ1n) is 6.60. The van der Waals surface area contributed by atoms with E-state index >= 15 is 0 Å². The van der Waals surface area contributed by atoms with Gasteiger partial charge in [-0.3, -0.25) is 4.79 Å². The molecule has 1 heterocycles. The molecule has 6 nitrogen and oxygen atoms in total. The number of methoxy groups -OCH3 is 1. The fraction of sp³-hybridized carbons (Fsp3) is 0.429. The van der Waals surface area contributed by atoms with Gasteiger partial charge >= 0.3 is 6.09 Å². The summed E-state index contributed by atoms with van der Waals surface area (Å²) in [6.07, 6.45) is -0.366. The fourth-order valence-electron chi connectivity index (χ4n) is 2.06. The number of amides is 2. The topological polar surface area (TPSA) is 59.1 Å². The average Bonchev–Trinajstić information content (AvgIpc) is 2.53. The number of carbonyl (C=O) groups excluding carboxylic acids is 2. The second-order valence-corrected chi connectivity index (χ2v) is 4.96. The molecule has 0 N–H and O–H groups in total. The minimum absolute atomic E-state index is 0.0675. The number of hydrogen-bond acceptors (Lipinski definition) is 4. The van der Waals surface area contributed by atoms with Crippen molar-refractivity contribution >= 4 is 23.6 Å². The van der Waals surface area contributed by atoms with Crippen LogP contribution in [0.4, 0.5) is 4.79 Å². The van der Waals surface area contributed by atoms with Gasteiger partial charge in [-0.25, -0.2) is 4.79 Å². The van der Waals surface area contributed by atoms with Crippen molar-refractivity contribution in [1.29, 1.82) is 0 Å². The average molecular weight is 313 g/mol. The third-order valence-electron chi connectivity index (χ3n) is 3.25. The maximum atomic E-state index is 12.1. The lowest BCUT2D eigenvalue weighted by Crippen LogP contribution is -2.51. The number of halogens is 1. The summed E-state index contributed by atoms with van der Waals surface area (Å²) in [5.41, 5.74) is 0. The summed E-state index contributed by atoms with van der Waals surface area (Å²) in [6, 6.07) is 7.01. The smallest absolute Gasteiger partial charge is 0.409 e. The molecule has 0 spiro atoms. The molecule has 0 radical (unpaired) electrons. The van der Waals surface area contributed by atoms with Crippen LogP contribution in [0.3, 0.4) is 0 Å². The number of rotatable bonds is 3. The van der Waals surface area contributed by atoms with Crippen molar-refractivity contribution < 1.29 is 19.1 Å². The molecule has 2 rings (SSSR count). The number of benzene rings is 1. The number of carbonyl (C=O) groups is 2. The van der Waals surface area contributed by atoms with Gasteiger partial charge in [-0.1, -0.05) is 23.7 Å². The van der Waals surface area contributed by atoms with Gasteiger partial charge in [-0.15, -0.1) is 0 Å². The molecule has 0 bridgehead atoms. The van der Waals surface area contributed by atoms with Gasteiger partial charge in [-0.2, -0.15) is 0 Å². The van der Waals surface area contributed by atoms with Crippen LogP contribution in [0.25, 0.3) is 0 Å². The second kappa shape index (κ2) is 7.17. The van der Waals surface area contributed by atoms with Crippen molar-refractivity contribution in [2.75, 3.05) is 39.9 Å². The van der Waals surface area contributed by atoms with Crippen molar-refractivity contribution in [3.63, 3.8) is 0 Å². The molecule has 1 aliphatic rings. The second-order valence-electron chi connectivity index (χ2n) is 4.56. The summed E-state index contributed by atoms with van der Waals surface area (Å²) >= 11 is 5.96. The Morgan fingerprint density at radius 2 is 1.76 bits per heavy atom. The quantitative estimate of drug-likeness (QED) is 0.851. The van der Waals surface area contributed by atoms with E-state index in [2.05, 4.69) is 4.74 Å². The molecule has 1 aliphatic heterocycles. The Hall–Kier alpha value is -1.95. The largest absolute Gasteiger partial charge is 0.482 e. The predicted octanol–water partition coefficient (Wildman–Crippen LogP) is 1.63. The molecule has 114 valence electrons. The number of ether oxygens (including phenoxy) is 2. The summed E-state index contributed by atoms with van der Waals surface area (Å²) in [5.74, 6) is 0.361. The van der Waals surface area contributed by atoms with Crippen LogP contribution >= 0.6 is 11.6 Å². The van der Waals surface area contributed by atoms with E-state index in [4.69, 9.17) is 16.3 Å². The SMILES string of the molecule is COC(=O)N1CCN(C(=O)COc2ccccc2Cl)CC1. The molecule has 1 aromatic rings. The van der Waals surface area contributed by atoms with E-state index in [0.29, 0.717) is 37.0 Å². The van der Waals surface area contributed by atoms with Crippen LogP contribution in [0.15, 0.2) is 24.3 Å². The Kier molecular flexibility index (Phi) is 5.27. The minimum atomic E-state index is -0.366. The summed E-state index contributed by atoms with van der Waals surface area (Å²) in [7, 11) is 1.34. The van der Waals surface area contributed by atoms with Crippen LogP contribution in [0.1, 0.15) is 0 Å². The summed E-state index contributed by atoms with van der Waals surface area (Å²) in [5, 5.41) is 0.473. The first kappa shape index (κ1) is 15.4. The third kappa shape index (κ3) is 4.01. The number of para-hydroxylation sites is 1. The van der Waals surface area contributed by atoms with Gasteiger partial charge in [-0.05, 0) is 12.1 Å². The van der Waals surface area contributed by atoms with Gasteiger partial charge in [0.2, 0.25) is 0 Å². The monoisotopic (exact) mass is 312 g/mol. The van der Waals surface area contributed by atoms with Crippen molar-refractivity contribution in [1.82, 2.24) is 9.80 Å². The summed E-state index contributed by atoms with van der Waals surface area (Å²) in [6.45, 7) is 1.80. The molecule has 1 saturated heterocycles. The highest BCUT2D eigenvalue weighted by Crippen LogP contribution is 2.23. The Morgan fingerprint density at radius 1 is 1.14 bits per heavy atom. The number of piperazine rings is 1. The first-order valence-corrected chi connectivity index (χ1v) is 6.97. The van der Waals surface area contributed by atoms with Gasteiger partial charge < -0.3 is 19.3 Å². The van der Waals surface area contributed by atoms with E-state index in [1.165, 1.54) is 7.11 Å². The van der Waals surface area contributed by atoms with Crippen LogP contribution < -0.4 is 4.74 Å². The van der Waals surface area contributed by atoms with Gasteiger partial charge in [0.1, 0.15) is 5.75 Å². The van der Waals surface area contributed by atoms with Gasteiger partial charge in [0, 0.05) is 26.2 Å². The van der Waals surface area contributed by atoms with E-state index in [-0.39, 0.29) is 18.6 Å². The first-order chi connectivity index (χ1) is 10.1. The molecular weight excluding hydrogens is 296 g/mol. The lowest BCUT2D eigenvalue weighted by Gasteiger charge is -2.33. The lowest BCUT2D eigenvalue weighted by atomic mass is 10.3. The highest BCUT2D eigenvalue weighted by Gasteiger charge is 2.24. The molecule has 0 saturated carbocycles. The lowest BCUT2D eigenvalue weighted by molar-refractivity contribution is -0.134. The molecule has 1 aromatic carbocycles. The van der Waals surface area contributed by atoms with Crippen LogP contribution in [0.5, 0.6) is 5.75 Å². The maximum Gasteiger partial charge on any atom is 0.409 e. The van der Waals surface area contributed by atoms with E-state index in [0.717, 1.165) is 0 Å². The molecule has 21 heavy (non-hydrogen) atoms. The summed E-state index contributed by atoms with van der Waals surface area (Å²) < 4.78 is 10.1. The molecule has 0 aromatic heterocycles. The zero-order valence-corrected chi connectivity index (χ0v) is 12.5. The molecule has 1 fully saturated rings.